The van der Waals surface area contributed by atoms with Crippen LogP contribution in [0.5, 0.6) is 0 Å². The molecule has 4 amide bonds. The summed E-state index contributed by atoms with van der Waals surface area (Å²) in [5.41, 5.74) is 4.71. The highest BCUT2D eigenvalue weighted by Gasteiger charge is 2.38. The number of alkyl carbamates (subject to hydrolysis) is 1. The predicted octanol–water partition coefficient (Wildman–Crippen LogP) is 0.774. The summed E-state index contributed by atoms with van der Waals surface area (Å²) in [6.45, 7) is 6.67. The van der Waals surface area contributed by atoms with E-state index in [9.17, 15) is 19.2 Å². The number of rotatable bonds is 8. The van der Waals surface area contributed by atoms with Crippen LogP contribution in [0.15, 0.2) is 0 Å². The average Bonchev–Trinajstić information content (AvgIpc) is 3.32. The van der Waals surface area contributed by atoms with Gasteiger partial charge in [-0.25, -0.2) is 4.79 Å². The standard InChI is InChI=1S/C21H36N4O6/c1-21(2,3)31-20(29)23-15(19(28)25-12-6-8-16(25)18(22)27)9-10-17(26)24-11-5-7-14(24)13-30-4/h14-16H,5-13H2,1-4H3,(H2,22,27)(H,23,29). The van der Waals surface area contributed by atoms with E-state index < -0.39 is 35.6 Å². The Morgan fingerprint density at radius 3 is 2.35 bits per heavy atom. The van der Waals surface area contributed by atoms with Gasteiger partial charge in [0.2, 0.25) is 17.7 Å². The Bertz CT molecular complexity index is 677. The lowest BCUT2D eigenvalue weighted by Gasteiger charge is -2.29. The summed E-state index contributed by atoms with van der Waals surface area (Å²) in [5.74, 6) is -1.08. The first-order valence-corrected chi connectivity index (χ1v) is 10.9. The number of nitrogens with zero attached hydrogens (tertiary/aromatic N) is 2. The first-order chi connectivity index (χ1) is 14.5. The number of amides is 4. The van der Waals surface area contributed by atoms with Gasteiger partial charge in [0, 0.05) is 26.6 Å². The third-order valence-electron chi connectivity index (χ3n) is 5.56. The van der Waals surface area contributed by atoms with E-state index in [4.69, 9.17) is 15.2 Å². The van der Waals surface area contributed by atoms with E-state index in [1.165, 1.54) is 4.90 Å². The van der Waals surface area contributed by atoms with Gasteiger partial charge >= 0.3 is 6.09 Å². The number of nitrogens with one attached hydrogen (secondary N) is 1. The number of nitrogens with two attached hydrogens (primary N) is 1. The fourth-order valence-corrected chi connectivity index (χ4v) is 4.17. The van der Waals surface area contributed by atoms with Crippen LogP contribution in [0.3, 0.4) is 0 Å². The zero-order valence-electron chi connectivity index (χ0n) is 19.0. The highest BCUT2D eigenvalue weighted by atomic mass is 16.6. The summed E-state index contributed by atoms with van der Waals surface area (Å²) >= 11 is 0. The van der Waals surface area contributed by atoms with Crippen LogP contribution >= 0.6 is 0 Å². The van der Waals surface area contributed by atoms with E-state index in [1.54, 1.807) is 32.8 Å². The molecule has 10 heteroatoms. The van der Waals surface area contributed by atoms with E-state index in [0.29, 0.717) is 32.5 Å². The smallest absolute Gasteiger partial charge is 0.408 e. The quantitative estimate of drug-likeness (QED) is 0.573. The second kappa shape index (κ2) is 10.8. The molecule has 0 radical (unpaired) electrons. The number of methoxy groups -OCH3 is 1. The second-order valence-corrected chi connectivity index (χ2v) is 9.17. The van der Waals surface area contributed by atoms with Gasteiger partial charge in [-0.1, -0.05) is 0 Å². The molecule has 0 aromatic rings. The molecule has 0 aromatic carbocycles. The number of likely N-dealkylation sites (tertiary alicyclic amines) is 2. The van der Waals surface area contributed by atoms with Gasteiger partial charge in [-0.05, 0) is 52.9 Å². The maximum atomic E-state index is 13.2. The van der Waals surface area contributed by atoms with Gasteiger partial charge in [-0.3, -0.25) is 14.4 Å². The Kier molecular flexibility index (Phi) is 8.67. The summed E-state index contributed by atoms with van der Waals surface area (Å²) in [6, 6.07) is -1.65. The summed E-state index contributed by atoms with van der Waals surface area (Å²) in [5, 5.41) is 2.59. The molecular formula is C21H36N4O6. The molecule has 2 aliphatic heterocycles. The van der Waals surface area contributed by atoms with Crippen LogP contribution in [0.4, 0.5) is 4.79 Å². The molecule has 176 valence electrons. The molecule has 3 N–H and O–H groups in total. The third-order valence-corrected chi connectivity index (χ3v) is 5.56. The van der Waals surface area contributed by atoms with Crippen molar-refractivity contribution in [1.29, 1.82) is 0 Å². The largest absolute Gasteiger partial charge is 0.444 e. The molecule has 31 heavy (non-hydrogen) atoms. The average molecular weight is 441 g/mol. The van der Waals surface area contributed by atoms with Crippen molar-refractivity contribution in [3.05, 3.63) is 0 Å². The molecule has 2 saturated heterocycles. The van der Waals surface area contributed by atoms with E-state index in [0.717, 1.165) is 12.8 Å². The van der Waals surface area contributed by atoms with E-state index in [2.05, 4.69) is 5.32 Å². The number of carbonyl (C=O) groups is 4. The van der Waals surface area contributed by atoms with Crippen molar-refractivity contribution in [3.8, 4) is 0 Å². The fourth-order valence-electron chi connectivity index (χ4n) is 4.17. The zero-order valence-corrected chi connectivity index (χ0v) is 19.0. The molecule has 2 aliphatic rings. The molecule has 3 atom stereocenters. The summed E-state index contributed by atoms with van der Waals surface area (Å²) in [7, 11) is 1.60. The number of carbonyl (C=O) groups excluding carboxylic acids is 4. The topological polar surface area (TPSA) is 131 Å². The van der Waals surface area contributed by atoms with Crippen LogP contribution in [0.1, 0.15) is 59.3 Å². The van der Waals surface area contributed by atoms with Gasteiger partial charge in [0.05, 0.1) is 12.6 Å². The Hall–Kier alpha value is -2.36. The molecule has 3 unspecified atom stereocenters. The molecule has 10 nitrogen and oxygen atoms in total. The van der Waals surface area contributed by atoms with Crippen LogP contribution in [0.2, 0.25) is 0 Å². The Morgan fingerprint density at radius 2 is 1.74 bits per heavy atom. The SMILES string of the molecule is COCC1CCCN1C(=O)CCC(NC(=O)OC(C)(C)C)C(=O)N1CCCC1C(N)=O. The summed E-state index contributed by atoms with van der Waals surface area (Å²) in [6.07, 6.45) is 2.39. The molecule has 0 spiro atoms. The highest BCUT2D eigenvalue weighted by Crippen LogP contribution is 2.22. The van der Waals surface area contributed by atoms with Crippen molar-refractivity contribution in [1.82, 2.24) is 15.1 Å². The monoisotopic (exact) mass is 440 g/mol. The number of ether oxygens (including phenoxy) is 2. The second-order valence-electron chi connectivity index (χ2n) is 9.17. The molecule has 2 rings (SSSR count). The summed E-state index contributed by atoms with van der Waals surface area (Å²) in [4.78, 5) is 53.2. The van der Waals surface area contributed by atoms with Gasteiger partial charge in [-0.2, -0.15) is 0 Å². The first-order valence-electron chi connectivity index (χ1n) is 10.9. The third kappa shape index (κ3) is 7.09. The molecule has 2 fully saturated rings. The van der Waals surface area contributed by atoms with Crippen molar-refractivity contribution >= 4 is 23.8 Å². The van der Waals surface area contributed by atoms with Crippen molar-refractivity contribution in [2.75, 3.05) is 26.8 Å². The van der Waals surface area contributed by atoms with Crippen LogP contribution in [-0.2, 0) is 23.9 Å². The van der Waals surface area contributed by atoms with Gasteiger partial charge < -0.3 is 30.3 Å². The van der Waals surface area contributed by atoms with Gasteiger partial charge in [0.15, 0.2) is 0 Å². The highest BCUT2D eigenvalue weighted by molar-refractivity contribution is 5.91. The van der Waals surface area contributed by atoms with Crippen LogP contribution in [0, 0.1) is 0 Å². The molecular weight excluding hydrogens is 404 g/mol. The Morgan fingerprint density at radius 1 is 1.10 bits per heavy atom. The van der Waals surface area contributed by atoms with E-state index in [1.807, 2.05) is 0 Å². The fraction of sp³-hybridized carbons (Fsp3) is 0.810. The minimum absolute atomic E-state index is 0.0308. The summed E-state index contributed by atoms with van der Waals surface area (Å²) < 4.78 is 10.5. The molecule has 0 aliphatic carbocycles. The van der Waals surface area contributed by atoms with Gasteiger partial charge in [0.25, 0.3) is 0 Å². The molecule has 0 saturated carbocycles. The number of primary amides is 1. The number of hydrogen-bond acceptors (Lipinski definition) is 6. The van der Waals surface area contributed by atoms with Crippen molar-refractivity contribution < 1.29 is 28.7 Å². The van der Waals surface area contributed by atoms with Crippen LogP contribution in [-0.4, -0.2) is 84.1 Å². The molecule has 2 heterocycles. The normalized spacial score (nSPS) is 22.3. The Balaban J connectivity index is 2.08. The lowest BCUT2D eigenvalue weighted by Crippen LogP contribution is -2.53. The molecule has 0 aromatic heterocycles. The first kappa shape index (κ1) is 24.9. The van der Waals surface area contributed by atoms with Gasteiger partial charge in [-0.15, -0.1) is 0 Å². The van der Waals surface area contributed by atoms with E-state index in [-0.39, 0.29) is 24.8 Å². The number of hydrogen-bond donors (Lipinski definition) is 2. The lowest BCUT2D eigenvalue weighted by atomic mass is 10.1. The van der Waals surface area contributed by atoms with E-state index >= 15 is 0 Å². The maximum absolute atomic E-state index is 13.2. The lowest BCUT2D eigenvalue weighted by molar-refractivity contribution is -0.139. The van der Waals surface area contributed by atoms with Crippen LogP contribution < -0.4 is 11.1 Å². The maximum Gasteiger partial charge on any atom is 0.408 e. The molecule has 0 bridgehead atoms. The Labute approximate surface area is 183 Å². The predicted molar refractivity (Wildman–Crippen MR) is 113 cm³/mol. The van der Waals surface area contributed by atoms with Crippen molar-refractivity contribution in [3.63, 3.8) is 0 Å². The van der Waals surface area contributed by atoms with Crippen LogP contribution in [0.25, 0.3) is 0 Å². The van der Waals surface area contributed by atoms with Crippen molar-refractivity contribution in [2.45, 2.75) is 83.0 Å². The minimum atomic E-state index is -0.984. The minimum Gasteiger partial charge on any atom is -0.444 e. The van der Waals surface area contributed by atoms with Crippen molar-refractivity contribution in [2.24, 2.45) is 5.73 Å². The zero-order chi connectivity index (χ0) is 23.2. The van der Waals surface area contributed by atoms with Gasteiger partial charge in [0.1, 0.15) is 17.7 Å².